The molecule has 1 heterocycles. The van der Waals surface area contributed by atoms with Crippen LogP contribution in [0.25, 0.3) is 10.9 Å². The molecule has 6 aromatic rings. The van der Waals surface area contributed by atoms with E-state index in [4.69, 9.17) is 5.73 Å². The third-order valence-corrected chi connectivity index (χ3v) is 14.4. The van der Waals surface area contributed by atoms with E-state index in [0.29, 0.717) is 22.4 Å². The van der Waals surface area contributed by atoms with Crippen LogP contribution in [-0.2, 0) is 80.0 Å². The van der Waals surface area contributed by atoms with Gasteiger partial charge in [0.15, 0.2) is 0 Å². The number of para-hydroxylation sites is 1. The van der Waals surface area contributed by atoms with Gasteiger partial charge >= 0.3 is 11.9 Å². The summed E-state index contributed by atoms with van der Waals surface area (Å²) in [6, 6.07) is 30.3. The van der Waals surface area contributed by atoms with E-state index >= 15 is 0 Å². The number of aliphatic carboxylic acids is 2. The molecule has 0 spiro atoms. The Labute approximate surface area is 509 Å². The Morgan fingerprint density at radius 2 is 0.773 bits per heavy atom. The molecule has 0 saturated heterocycles. The van der Waals surface area contributed by atoms with Crippen molar-refractivity contribution in [3.05, 3.63) is 180 Å². The number of carbonyl (C=O) groups is 10. The van der Waals surface area contributed by atoms with Gasteiger partial charge in [-0.05, 0) is 64.5 Å². The molecule has 0 saturated carbocycles. The van der Waals surface area contributed by atoms with Gasteiger partial charge in [-0.2, -0.15) is 0 Å². The summed E-state index contributed by atoms with van der Waals surface area (Å²) in [6.07, 6.45) is -1.43. The quantitative estimate of drug-likeness (QED) is 0.0281. The number of nitrogens with two attached hydrogens (primary N) is 1. The third kappa shape index (κ3) is 21.0. The molecule has 0 bridgehead atoms. The molecule has 8 amide bonds. The molecule has 0 aliphatic rings. The molecule has 23 nitrogen and oxygen atoms in total. The lowest BCUT2D eigenvalue weighted by molar-refractivity contribution is -0.143. The second kappa shape index (κ2) is 33.2. The Kier molecular flexibility index (Phi) is 25.5. The summed E-state index contributed by atoms with van der Waals surface area (Å²) in [5, 5.41) is 52.1. The molecule has 88 heavy (non-hydrogen) atoms. The Bertz CT molecular complexity index is 3300. The number of nitrogens with one attached hydrogen (secondary N) is 9. The van der Waals surface area contributed by atoms with E-state index in [2.05, 4.69) is 47.5 Å². The maximum absolute atomic E-state index is 14.8. The molecule has 1 aromatic heterocycles. The molecule has 6 rings (SSSR count). The maximum atomic E-state index is 14.8. The number of hydrogen-bond donors (Lipinski definition) is 13. The van der Waals surface area contributed by atoms with Crippen molar-refractivity contribution >= 4 is 70.1 Å². The molecule has 0 aliphatic carbocycles. The van der Waals surface area contributed by atoms with Gasteiger partial charge in [0, 0.05) is 36.9 Å². The average molecular weight is 1210 g/mol. The minimum absolute atomic E-state index is 0.0712. The van der Waals surface area contributed by atoms with Gasteiger partial charge in [0.25, 0.3) is 0 Å². The van der Waals surface area contributed by atoms with Crippen molar-refractivity contribution in [2.45, 2.75) is 127 Å². The third-order valence-electron chi connectivity index (χ3n) is 14.4. The molecule has 9 atom stereocenters. The number of aromatic nitrogens is 1. The van der Waals surface area contributed by atoms with Gasteiger partial charge in [0.1, 0.15) is 48.3 Å². The summed E-state index contributed by atoms with van der Waals surface area (Å²) in [4.78, 5) is 142. The number of hydrogen-bond acceptors (Lipinski definition) is 12. The largest absolute Gasteiger partial charge is 0.481 e. The van der Waals surface area contributed by atoms with Crippen LogP contribution < -0.4 is 48.3 Å². The highest BCUT2D eigenvalue weighted by molar-refractivity contribution is 5.99. The molecular weight excluding hydrogens is 1130 g/mol. The minimum atomic E-state index is -1.81. The first-order chi connectivity index (χ1) is 42.1. The number of carboxylic acids is 2. The predicted molar refractivity (Wildman–Crippen MR) is 327 cm³/mol. The molecule has 0 aliphatic heterocycles. The number of benzene rings is 5. The van der Waals surface area contributed by atoms with Crippen LogP contribution in [-0.4, -0.2) is 140 Å². The molecule has 466 valence electrons. The van der Waals surface area contributed by atoms with Crippen molar-refractivity contribution in [3.8, 4) is 0 Å². The Hall–Kier alpha value is -9.74. The first kappa shape index (κ1) is 67.4. The summed E-state index contributed by atoms with van der Waals surface area (Å²) in [7, 11) is 0. The molecule has 23 heteroatoms. The summed E-state index contributed by atoms with van der Waals surface area (Å²) in [5.41, 5.74) is 9.87. The normalized spacial score (nSPS) is 14.3. The summed E-state index contributed by atoms with van der Waals surface area (Å²) < 4.78 is 0. The van der Waals surface area contributed by atoms with Crippen LogP contribution >= 0.6 is 0 Å². The fraction of sp³-hybridized carbons (Fsp3) is 0.354. The average Bonchev–Trinajstić information content (AvgIpc) is 2.74. The Morgan fingerprint density at radius 3 is 1.18 bits per heavy atom. The van der Waals surface area contributed by atoms with Crippen LogP contribution in [0.1, 0.15) is 68.5 Å². The topological polar surface area (TPSA) is 369 Å². The maximum Gasteiger partial charge on any atom is 0.326 e. The summed E-state index contributed by atoms with van der Waals surface area (Å²) in [6.45, 7) is 5.77. The molecule has 0 radical (unpaired) electrons. The molecule has 14 N–H and O–H groups in total. The zero-order valence-corrected chi connectivity index (χ0v) is 49.4. The highest BCUT2D eigenvalue weighted by Crippen LogP contribution is 2.18. The van der Waals surface area contributed by atoms with Gasteiger partial charge in [-0.15, -0.1) is 0 Å². The number of aliphatic hydroxyl groups is 1. The summed E-state index contributed by atoms with van der Waals surface area (Å²) >= 11 is 0. The van der Waals surface area contributed by atoms with E-state index in [1.807, 2.05) is 24.3 Å². The fourth-order valence-electron chi connectivity index (χ4n) is 9.77. The van der Waals surface area contributed by atoms with Crippen molar-refractivity contribution in [3.63, 3.8) is 0 Å². The first-order valence-corrected chi connectivity index (χ1v) is 29.0. The number of amides is 8. The molecule has 0 fully saturated rings. The number of carboxylic acid groups (broad SMARTS) is 2. The molecule has 5 aromatic carbocycles. The smallest absolute Gasteiger partial charge is 0.326 e. The Morgan fingerprint density at radius 1 is 0.420 bits per heavy atom. The van der Waals surface area contributed by atoms with Gasteiger partial charge in [0.05, 0.1) is 19.1 Å². The van der Waals surface area contributed by atoms with Gasteiger partial charge in [-0.3, -0.25) is 43.2 Å². The van der Waals surface area contributed by atoms with Crippen molar-refractivity contribution in [1.29, 1.82) is 0 Å². The van der Waals surface area contributed by atoms with Crippen molar-refractivity contribution in [2.75, 3.05) is 6.61 Å². The van der Waals surface area contributed by atoms with E-state index in [1.54, 1.807) is 155 Å². The number of fused-ring (bicyclic) bond motifs is 1. The van der Waals surface area contributed by atoms with E-state index in [1.165, 1.54) is 0 Å². The van der Waals surface area contributed by atoms with Crippen LogP contribution in [0.15, 0.2) is 152 Å². The van der Waals surface area contributed by atoms with Crippen LogP contribution in [0, 0.1) is 11.8 Å². The highest BCUT2D eigenvalue weighted by atomic mass is 16.4. The lowest BCUT2D eigenvalue weighted by Gasteiger charge is -2.28. The lowest BCUT2D eigenvalue weighted by atomic mass is 10.0. The van der Waals surface area contributed by atoms with Crippen LogP contribution in [0.2, 0.25) is 0 Å². The van der Waals surface area contributed by atoms with Crippen molar-refractivity contribution in [2.24, 2.45) is 17.6 Å². The monoisotopic (exact) mass is 1210 g/mol. The molecule has 9 unspecified atom stereocenters. The fourth-order valence-corrected chi connectivity index (χ4v) is 9.77. The number of aliphatic hydroxyl groups excluding tert-OH is 1. The van der Waals surface area contributed by atoms with Crippen LogP contribution in [0.3, 0.4) is 0 Å². The number of aromatic amines is 1. The Balaban J connectivity index is 1.24. The van der Waals surface area contributed by atoms with Crippen LogP contribution in [0.4, 0.5) is 0 Å². The predicted octanol–water partition coefficient (Wildman–Crippen LogP) is 2.14. The standard InChI is InChI=1S/C65H78N10O13/c1-38(2)29-48(68-57(79)46(66)30-40-19-9-5-10-20-40)58(80)73-53(36-55(77)78)62(84)69-50(32-42-23-13-7-14-24-42)60(82)74-54(37-76)64(86)71-49(31-41-21-11-6-12-22-41)59(81)72-52(35-45-34-44-27-17-18-28-47(44)67-45)61(83)70-51(33-43-25-15-8-16-26-43)63(85)75-56(39(3)4)65(87)88/h5-28,34,38-39,46,48-54,56,67,76H,29-33,35-37,66H2,1-4H3,(H,68,79)(H,69,84)(H,70,83)(H,71,86)(H,72,81)(H,73,80)(H,74,82)(H,75,85)(H,77,78)(H,87,88). The van der Waals surface area contributed by atoms with E-state index in [0.717, 1.165) is 16.5 Å². The summed E-state index contributed by atoms with van der Waals surface area (Å²) in [5.74, 6) is -10.9. The number of H-pyrrole nitrogens is 1. The van der Waals surface area contributed by atoms with E-state index < -0.39 is 133 Å². The van der Waals surface area contributed by atoms with Gasteiger partial charge in [-0.1, -0.05) is 167 Å². The van der Waals surface area contributed by atoms with Gasteiger partial charge in [0.2, 0.25) is 47.3 Å². The zero-order chi connectivity index (χ0) is 63.9. The number of rotatable bonds is 33. The zero-order valence-electron chi connectivity index (χ0n) is 49.4. The van der Waals surface area contributed by atoms with E-state index in [9.17, 15) is 63.3 Å². The number of carbonyl (C=O) groups excluding carboxylic acids is 8. The first-order valence-electron chi connectivity index (χ1n) is 29.0. The SMILES string of the molecule is CC(C)CC(NC(=O)C(N)Cc1ccccc1)C(=O)NC(CC(=O)O)C(=O)NC(Cc1ccccc1)C(=O)NC(CO)C(=O)NC(Cc1ccccc1)C(=O)NC(Cc1cc2ccccc2[nH]1)C(=O)NC(Cc1ccccc1)C(=O)NC(C(=O)O)C(C)C. The van der Waals surface area contributed by atoms with E-state index in [-0.39, 0.29) is 44.4 Å². The molecular formula is C65H78N10O13. The van der Waals surface area contributed by atoms with Crippen molar-refractivity contribution < 1.29 is 63.3 Å². The van der Waals surface area contributed by atoms with Gasteiger partial charge in [-0.25, -0.2) is 4.79 Å². The lowest BCUT2D eigenvalue weighted by Crippen LogP contribution is -2.62. The second-order valence-corrected chi connectivity index (χ2v) is 22.4. The highest BCUT2D eigenvalue weighted by Gasteiger charge is 2.37. The van der Waals surface area contributed by atoms with Crippen LogP contribution in [0.5, 0.6) is 0 Å². The van der Waals surface area contributed by atoms with Crippen molar-refractivity contribution in [1.82, 2.24) is 47.5 Å². The minimum Gasteiger partial charge on any atom is -0.481 e. The second-order valence-electron chi connectivity index (χ2n) is 22.4. The van der Waals surface area contributed by atoms with Gasteiger partial charge < -0.3 is 68.6 Å².